The monoisotopic (exact) mass is 536 g/mol. The summed E-state index contributed by atoms with van der Waals surface area (Å²) in [4.78, 5) is 12.2. The van der Waals surface area contributed by atoms with Gasteiger partial charge in [-0.15, -0.1) is 16.8 Å². The molecule has 1 aromatic heterocycles. The molecule has 0 aliphatic carbocycles. The van der Waals surface area contributed by atoms with Gasteiger partial charge in [0.15, 0.2) is 11.0 Å². The molecule has 0 unspecified atom stereocenters. The molecule has 1 amide bonds. The number of nitrogens with zero attached hydrogens (tertiary/aromatic N) is 3. The number of thioether (sulfide) groups is 1. The fourth-order valence-corrected chi connectivity index (χ4v) is 3.68. The average Bonchev–Trinajstić information content (AvgIpc) is 3.10. The molecule has 1 N–H and O–H groups in total. The molecule has 150 valence electrons. The predicted molar refractivity (Wildman–Crippen MR) is 122 cm³/mol. The van der Waals surface area contributed by atoms with Crippen molar-refractivity contribution in [1.82, 2.24) is 14.8 Å². The molecule has 0 saturated carbocycles. The molecule has 3 aromatic rings. The van der Waals surface area contributed by atoms with Crippen LogP contribution in [0, 0.1) is 0 Å². The molecule has 1 heterocycles. The lowest BCUT2D eigenvalue weighted by Crippen LogP contribution is -2.15. The first kappa shape index (κ1) is 21.6. The Morgan fingerprint density at radius 3 is 2.41 bits per heavy atom. The lowest BCUT2D eigenvalue weighted by Gasteiger charge is -2.09. The second-order valence-electron chi connectivity index (χ2n) is 5.88. The van der Waals surface area contributed by atoms with Crippen LogP contribution in [0.3, 0.4) is 0 Å². The van der Waals surface area contributed by atoms with Gasteiger partial charge >= 0.3 is 0 Å². The molecule has 3 rings (SSSR count). The third kappa shape index (κ3) is 6.45. The topological polar surface area (TPSA) is 69.0 Å². The van der Waals surface area contributed by atoms with Crippen molar-refractivity contribution in [3.05, 3.63) is 76.0 Å². The van der Waals surface area contributed by atoms with Crippen molar-refractivity contribution >= 4 is 55.2 Å². The molecule has 0 spiro atoms. The number of allylic oxidation sites excluding steroid dienone is 1. The van der Waals surface area contributed by atoms with Crippen molar-refractivity contribution in [3.8, 4) is 5.75 Å². The number of amides is 1. The molecule has 0 saturated heterocycles. The number of anilines is 1. The Hall–Kier alpha value is -2.10. The second kappa shape index (κ2) is 10.6. The summed E-state index contributed by atoms with van der Waals surface area (Å²) >= 11 is 8.09. The number of hydrogen-bond donors (Lipinski definition) is 1. The Kier molecular flexibility index (Phi) is 7.91. The highest BCUT2D eigenvalue weighted by Crippen LogP contribution is 2.21. The van der Waals surface area contributed by atoms with E-state index in [1.165, 1.54) is 11.8 Å². The van der Waals surface area contributed by atoms with Crippen LogP contribution in [0.1, 0.15) is 5.82 Å². The van der Waals surface area contributed by atoms with Crippen molar-refractivity contribution in [2.24, 2.45) is 0 Å². The standard InChI is InChI=1S/C20H18Br2N4O2S/c1-2-11-26-18(12-28-17-9-5-15(22)6-10-17)24-25-20(26)29-13-19(27)23-16-7-3-14(21)4-8-16/h2-10H,1,11-13H2,(H,23,27). The summed E-state index contributed by atoms with van der Waals surface area (Å²) in [5.41, 5.74) is 0.745. The van der Waals surface area contributed by atoms with Gasteiger partial charge in [0.1, 0.15) is 12.4 Å². The molecule has 2 aromatic carbocycles. The van der Waals surface area contributed by atoms with E-state index < -0.39 is 0 Å². The minimum atomic E-state index is -0.113. The lowest BCUT2D eigenvalue weighted by molar-refractivity contribution is -0.113. The van der Waals surface area contributed by atoms with Crippen molar-refractivity contribution in [1.29, 1.82) is 0 Å². The molecule has 9 heteroatoms. The van der Waals surface area contributed by atoms with Crippen molar-refractivity contribution in [2.45, 2.75) is 18.3 Å². The van der Waals surface area contributed by atoms with E-state index in [9.17, 15) is 4.79 Å². The van der Waals surface area contributed by atoms with Crippen LogP contribution in [-0.2, 0) is 17.9 Å². The van der Waals surface area contributed by atoms with Gasteiger partial charge in [0.2, 0.25) is 5.91 Å². The van der Waals surface area contributed by atoms with Gasteiger partial charge in [0.05, 0.1) is 5.75 Å². The SMILES string of the molecule is C=CCn1c(COc2ccc(Br)cc2)nnc1SCC(=O)Nc1ccc(Br)cc1. The van der Waals surface area contributed by atoms with E-state index in [0.29, 0.717) is 17.5 Å². The summed E-state index contributed by atoms with van der Waals surface area (Å²) in [6.07, 6.45) is 1.76. The summed E-state index contributed by atoms with van der Waals surface area (Å²) in [6, 6.07) is 15.0. The maximum atomic E-state index is 12.2. The van der Waals surface area contributed by atoms with E-state index in [1.54, 1.807) is 6.08 Å². The van der Waals surface area contributed by atoms with Crippen LogP contribution in [0.5, 0.6) is 5.75 Å². The van der Waals surface area contributed by atoms with Crippen LogP contribution in [0.2, 0.25) is 0 Å². The molecule has 6 nitrogen and oxygen atoms in total. The van der Waals surface area contributed by atoms with E-state index in [4.69, 9.17) is 4.74 Å². The molecule has 0 fully saturated rings. The quantitative estimate of drug-likeness (QED) is 0.296. The normalized spacial score (nSPS) is 10.6. The first-order valence-corrected chi connectivity index (χ1v) is 11.2. The van der Waals surface area contributed by atoms with E-state index in [2.05, 4.69) is 54.0 Å². The van der Waals surface area contributed by atoms with Crippen molar-refractivity contribution in [3.63, 3.8) is 0 Å². The smallest absolute Gasteiger partial charge is 0.234 e. The Labute approximate surface area is 190 Å². The highest BCUT2D eigenvalue weighted by molar-refractivity contribution is 9.10. The van der Waals surface area contributed by atoms with E-state index in [-0.39, 0.29) is 18.3 Å². The molecule has 0 atom stereocenters. The Morgan fingerprint density at radius 2 is 1.76 bits per heavy atom. The number of rotatable bonds is 9. The van der Waals surface area contributed by atoms with Crippen LogP contribution < -0.4 is 10.1 Å². The summed E-state index contributed by atoms with van der Waals surface area (Å²) in [5, 5.41) is 11.9. The van der Waals surface area contributed by atoms with Crippen LogP contribution >= 0.6 is 43.6 Å². The largest absolute Gasteiger partial charge is 0.486 e. The maximum Gasteiger partial charge on any atom is 0.234 e. The number of carbonyl (C=O) groups is 1. The predicted octanol–water partition coefficient (Wildman–Crippen LogP) is 5.30. The lowest BCUT2D eigenvalue weighted by atomic mass is 10.3. The molecular formula is C20H18Br2N4O2S. The highest BCUT2D eigenvalue weighted by Gasteiger charge is 2.14. The first-order valence-electron chi connectivity index (χ1n) is 8.64. The third-order valence-corrected chi connectivity index (χ3v) is 5.77. The third-order valence-electron chi connectivity index (χ3n) is 3.75. The molecular weight excluding hydrogens is 520 g/mol. The number of aromatic nitrogens is 3. The Morgan fingerprint density at radius 1 is 1.10 bits per heavy atom. The molecule has 0 aliphatic heterocycles. The zero-order valence-electron chi connectivity index (χ0n) is 15.3. The van der Waals surface area contributed by atoms with Crippen LogP contribution in [-0.4, -0.2) is 26.4 Å². The van der Waals surface area contributed by atoms with Crippen LogP contribution in [0.4, 0.5) is 5.69 Å². The van der Waals surface area contributed by atoms with Crippen LogP contribution in [0.15, 0.2) is 75.3 Å². The first-order chi connectivity index (χ1) is 14.0. The number of halogens is 2. The summed E-state index contributed by atoms with van der Waals surface area (Å²) in [7, 11) is 0. The van der Waals surface area contributed by atoms with Gasteiger partial charge in [-0.25, -0.2) is 0 Å². The number of carbonyl (C=O) groups excluding carboxylic acids is 1. The number of nitrogens with one attached hydrogen (secondary N) is 1. The zero-order valence-corrected chi connectivity index (χ0v) is 19.3. The molecule has 29 heavy (non-hydrogen) atoms. The van der Waals surface area contributed by atoms with E-state index >= 15 is 0 Å². The van der Waals surface area contributed by atoms with Crippen LogP contribution in [0.25, 0.3) is 0 Å². The van der Waals surface area contributed by atoms with Gasteiger partial charge in [-0.05, 0) is 48.5 Å². The minimum Gasteiger partial charge on any atom is -0.486 e. The molecule has 0 aliphatic rings. The number of hydrogen-bond acceptors (Lipinski definition) is 5. The van der Waals surface area contributed by atoms with Gasteiger partial charge in [-0.1, -0.05) is 49.7 Å². The fourth-order valence-electron chi connectivity index (χ4n) is 2.38. The summed E-state index contributed by atoms with van der Waals surface area (Å²) in [5.74, 6) is 1.52. The van der Waals surface area contributed by atoms with Gasteiger partial charge in [0, 0.05) is 21.2 Å². The zero-order chi connectivity index (χ0) is 20.6. The van der Waals surface area contributed by atoms with Gasteiger partial charge in [0.25, 0.3) is 0 Å². The van der Waals surface area contributed by atoms with Gasteiger partial charge in [-0.2, -0.15) is 0 Å². The van der Waals surface area contributed by atoms with E-state index in [1.807, 2.05) is 53.1 Å². The minimum absolute atomic E-state index is 0.113. The molecule has 0 bridgehead atoms. The Bertz CT molecular complexity index is 975. The average molecular weight is 538 g/mol. The summed E-state index contributed by atoms with van der Waals surface area (Å²) in [6.45, 7) is 4.59. The fraction of sp³-hybridized carbons (Fsp3) is 0.150. The Balaban J connectivity index is 1.59. The van der Waals surface area contributed by atoms with Gasteiger partial charge in [-0.3, -0.25) is 9.36 Å². The van der Waals surface area contributed by atoms with Crippen molar-refractivity contribution in [2.75, 3.05) is 11.1 Å². The van der Waals surface area contributed by atoms with Gasteiger partial charge < -0.3 is 10.1 Å². The second-order valence-corrected chi connectivity index (χ2v) is 8.66. The number of ether oxygens (including phenoxy) is 1. The highest BCUT2D eigenvalue weighted by atomic mass is 79.9. The van der Waals surface area contributed by atoms with E-state index in [0.717, 1.165) is 20.4 Å². The number of benzene rings is 2. The maximum absolute atomic E-state index is 12.2. The summed E-state index contributed by atoms with van der Waals surface area (Å²) < 4.78 is 9.63. The molecule has 0 radical (unpaired) electrons. The van der Waals surface area contributed by atoms with Crippen molar-refractivity contribution < 1.29 is 9.53 Å².